The van der Waals surface area contributed by atoms with Gasteiger partial charge in [-0.15, -0.1) is 0 Å². The molecule has 0 spiro atoms. The summed E-state index contributed by atoms with van der Waals surface area (Å²) in [6.07, 6.45) is 5.14. The Labute approximate surface area is 120 Å². The van der Waals surface area contributed by atoms with Crippen LogP contribution in [0, 0.1) is 6.92 Å². The fourth-order valence-electron chi connectivity index (χ4n) is 2.35. The lowest BCUT2D eigenvalue weighted by molar-refractivity contribution is 0.962. The van der Waals surface area contributed by atoms with E-state index in [0.717, 1.165) is 34.0 Å². The number of imidazole rings is 1. The number of pyridine rings is 2. The molecule has 0 unspecified atom stereocenters. The Kier molecular flexibility index (Phi) is 2.53. The van der Waals surface area contributed by atoms with Crippen LogP contribution < -0.4 is 0 Å². The van der Waals surface area contributed by atoms with Gasteiger partial charge in [0.15, 0.2) is 5.65 Å². The van der Waals surface area contributed by atoms with E-state index in [2.05, 4.69) is 25.0 Å². The van der Waals surface area contributed by atoms with E-state index in [1.54, 1.807) is 10.8 Å². The second-order valence-electron chi connectivity index (χ2n) is 4.77. The van der Waals surface area contributed by atoms with Gasteiger partial charge in [0.25, 0.3) is 0 Å². The molecule has 0 aliphatic rings. The second kappa shape index (κ2) is 4.52. The molecule has 21 heavy (non-hydrogen) atoms. The summed E-state index contributed by atoms with van der Waals surface area (Å²) in [5.74, 6) is 0. The first kappa shape index (κ1) is 11.8. The van der Waals surface area contributed by atoms with Crippen LogP contribution in [0.1, 0.15) is 5.69 Å². The van der Waals surface area contributed by atoms with Crippen molar-refractivity contribution < 1.29 is 0 Å². The Bertz CT molecular complexity index is 920. The molecule has 0 bridgehead atoms. The molecule has 0 atom stereocenters. The van der Waals surface area contributed by atoms with Gasteiger partial charge in [0.05, 0.1) is 17.7 Å². The van der Waals surface area contributed by atoms with Gasteiger partial charge in [0.2, 0.25) is 0 Å². The molecule has 4 rings (SSSR count). The van der Waals surface area contributed by atoms with E-state index >= 15 is 0 Å². The van der Waals surface area contributed by atoms with E-state index < -0.39 is 0 Å². The Hall–Kier alpha value is -3.02. The normalized spacial score (nSPS) is 11.1. The van der Waals surface area contributed by atoms with E-state index in [9.17, 15) is 0 Å². The smallest absolute Gasteiger partial charge is 0.155 e. The van der Waals surface area contributed by atoms with Crippen molar-refractivity contribution in [1.82, 2.24) is 29.5 Å². The average molecular weight is 276 g/mol. The molecule has 6 nitrogen and oxygen atoms in total. The summed E-state index contributed by atoms with van der Waals surface area (Å²) >= 11 is 0. The van der Waals surface area contributed by atoms with Crippen LogP contribution in [0.2, 0.25) is 0 Å². The summed E-state index contributed by atoms with van der Waals surface area (Å²) in [4.78, 5) is 16.3. The molecule has 0 fully saturated rings. The van der Waals surface area contributed by atoms with E-state index in [0.29, 0.717) is 0 Å². The minimum atomic E-state index is 0.813. The van der Waals surface area contributed by atoms with Crippen LogP contribution in [-0.2, 0) is 0 Å². The lowest BCUT2D eigenvalue weighted by atomic mass is 10.1. The molecular formula is C15H12N6. The molecule has 0 aliphatic carbocycles. The zero-order valence-electron chi connectivity index (χ0n) is 11.4. The van der Waals surface area contributed by atoms with Gasteiger partial charge in [-0.2, -0.15) is 5.10 Å². The molecule has 4 heterocycles. The summed E-state index contributed by atoms with van der Waals surface area (Å²) in [6, 6.07) is 9.84. The molecule has 4 aromatic heterocycles. The van der Waals surface area contributed by atoms with Crippen LogP contribution >= 0.6 is 0 Å². The maximum atomic E-state index is 4.54. The van der Waals surface area contributed by atoms with Gasteiger partial charge in [-0.05, 0) is 31.2 Å². The number of fused-ring (bicyclic) bond motifs is 1. The van der Waals surface area contributed by atoms with E-state index in [4.69, 9.17) is 0 Å². The largest absolute Gasteiger partial charge is 0.344 e. The molecule has 0 saturated heterocycles. The number of H-pyrrole nitrogens is 1. The summed E-state index contributed by atoms with van der Waals surface area (Å²) in [7, 11) is 0. The van der Waals surface area contributed by atoms with Crippen LogP contribution in [0.5, 0.6) is 0 Å². The maximum Gasteiger partial charge on any atom is 0.155 e. The van der Waals surface area contributed by atoms with Crippen molar-refractivity contribution in [1.29, 1.82) is 0 Å². The highest BCUT2D eigenvalue weighted by Gasteiger charge is 2.12. The lowest BCUT2D eigenvalue weighted by Crippen LogP contribution is -1.92. The number of nitrogens with one attached hydrogen (secondary N) is 1. The van der Waals surface area contributed by atoms with Gasteiger partial charge in [0, 0.05) is 17.5 Å². The van der Waals surface area contributed by atoms with Gasteiger partial charge in [0.1, 0.15) is 12.0 Å². The molecule has 102 valence electrons. The molecule has 4 aromatic rings. The third-order valence-corrected chi connectivity index (χ3v) is 3.33. The highest BCUT2D eigenvalue weighted by atomic mass is 15.3. The summed E-state index contributed by atoms with van der Waals surface area (Å²) in [5, 5.41) is 4.16. The Balaban J connectivity index is 1.88. The zero-order valence-corrected chi connectivity index (χ0v) is 11.4. The topological polar surface area (TPSA) is 71.8 Å². The molecule has 0 radical (unpaired) electrons. The van der Waals surface area contributed by atoms with Gasteiger partial charge in [-0.3, -0.25) is 4.98 Å². The van der Waals surface area contributed by atoms with Crippen LogP contribution in [-0.4, -0.2) is 29.5 Å². The van der Waals surface area contributed by atoms with Crippen molar-refractivity contribution in [2.45, 2.75) is 6.92 Å². The predicted molar refractivity (Wildman–Crippen MR) is 78.5 cm³/mol. The third-order valence-electron chi connectivity index (χ3n) is 3.33. The molecule has 0 aromatic carbocycles. The summed E-state index contributed by atoms with van der Waals surface area (Å²) in [5.41, 5.74) is 5.37. The number of aromatic amines is 1. The minimum absolute atomic E-state index is 0.813. The quantitative estimate of drug-likeness (QED) is 0.610. The standard InChI is InChI=1S/C15H12N6/c1-10-3-2-4-12(20-10)15-14(17-8-18-15)11-5-6-13-16-9-19-21(13)7-11/h2-9H,1H3,(H,17,18). The van der Waals surface area contributed by atoms with Crippen molar-refractivity contribution in [3.05, 3.63) is 54.9 Å². The highest BCUT2D eigenvalue weighted by molar-refractivity contribution is 5.76. The second-order valence-corrected chi connectivity index (χ2v) is 4.77. The first-order chi connectivity index (χ1) is 10.3. The molecular weight excluding hydrogens is 264 g/mol. The number of rotatable bonds is 2. The first-order valence-corrected chi connectivity index (χ1v) is 6.58. The maximum absolute atomic E-state index is 4.54. The molecule has 0 aliphatic heterocycles. The van der Waals surface area contributed by atoms with Crippen LogP contribution in [0.4, 0.5) is 0 Å². The number of aromatic nitrogens is 6. The Morgan fingerprint density at radius 1 is 1.10 bits per heavy atom. The minimum Gasteiger partial charge on any atom is -0.344 e. The van der Waals surface area contributed by atoms with Crippen molar-refractivity contribution >= 4 is 5.65 Å². The number of hydrogen-bond donors (Lipinski definition) is 1. The van der Waals surface area contributed by atoms with Crippen molar-refractivity contribution in [3.8, 4) is 22.6 Å². The number of nitrogens with zero attached hydrogens (tertiary/aromatic N) is 5. The lowest BCUT2D eigenvalue weighted by Gasteiger charge is -2.04. The van der Waals surface area contributed by atoms with E-state index in [-0.39, 0.29) is 0 Å². The van der Waals surface area contributed by atoms with Crippen molar-refractivity contribution in [2.24, 2.45) is 0 Å². The van der Waals surface area contributed by atoms with Crippen molar-refractivity contribution in [2.75, 3.05) is 0 Å². The number of hydrogen-bond acceptors (Lipinski definition) is 4. The Morgan fingerprint density at radius 3 is 2.95 bits per heavy atom. The Morgan fingerprint density at radius 2 is 2.05 bits per heavy atom. The number of aryl methyl sites for hydroxylation is 1. The third kappa shape index (κ3) is 1.97. The van der Waals surface area contributed by atoms with Gasteiger partial charge in [-0.25, -0.2) is 14.5 Å². The average Bonchev–Trinajstić information content (AvgIpc) is 3.15. The fraction of sp³-hybridized carbons (Fsp3) is 0.0667. The first-order valence-electron chi connectivity index (χ1n) is 6.58. The highest BCUT2D eigenvalue weighted by Crippen LogP contribution is 2.27. The predicted octanol–water partition coefficient (Wildman–Crippen LogP) is 2.49. The van der Waals surface area contributed by atoms with Gasteiger partial charge < -0.3 is 4.98 Å². The molecule has 6 heteroatoms. The summed E-state index contributed by atoms with van der Waals surface area (Å²) < 4.78 is 1.74. The van der Waals surface area contributed by atoms with E-state index in [1.165, 1.54) is 6.33 Å². The van der Waals surface area contributed by atoms with Crippen LogP contribution in [0.25, 0.3) is 28.3 Å². The monoisotopic (exact) mass is 276 g/mol. The van der Waals surface area contributed by atoms with Crippen LogP contribution in [0.3, 0.4) is 0 Å². The molecule has 0 saturated carbocycles. The van der Waals surface area contributed by atoms with Gasteiger partial charge >= 0.3 is 0 Å². The van der Waals surface area contributed by atoms with Crippen LogP contribution in [0.15, 0.2) is 49.2 Å². The molecule has 1 N–H and O–H groups in total. The summed E-state index contributed by atoms with van der Waals surface area (Å²) in [6.45, 7) is 1.97. The van der Waals surface area contributed by atoms with E-state index in [1.807, 2.05) is 43.5 Å². The molecule has 0 amide bonds. The SMILES string of the molecule is Cc1cccc(-c2nc[nH]c2-c2ccc3ncnn3c2)n1. The fourth-order valence-corrected chi connectivity index (χ4v) is 2.35. The zero-order chi connectivity index (χ0) is 14.2. The van der Waals surface area contributed by atoms with Crippen molar-refractivity contribution in [3.63, 3.8) is 0 Å². The van der Waals surface area contributed by atoms with Gasteiger partial charge in [-0.1, -0.05) is 6.07 Å².